The van der Waals surface area contributed by atoms with Crippen LogP contribution in [0.25, 0.3) is 0 Å². The van der Waals surface area contributed by atoms with Crippen LogP contribution in [0.2, 0.25) is 0 Å². The highest BCUT2D eigenvalue weighted by atomic mass is 32.2. The minimum absolute atomic E-state index is 0.429. The van der Waals surface area contributed by atoms with Gasteiger partial charge in [-0.3, -0.25) is 0 Å². The molecule has 1 aromatic rings. The molecule has 2 nitrogen and oxygen atoms in total. The van der Waals surface area contributed by atoms with Crippen molar-refractivity contribution in [1.29, 1.82) is 0 Å². The predicted molar refractivity (Wildman–Crippen MR) is 103 cm³/mol. The fourth-order valence-electron chi connectivity index (χ4n) is 6.12. The molecule has 3 heteroatoms. The van der Waals surface area contributed by atoms with Crippen LogP contribution in [0.1, 0.15) is 51.4 Å². The van der Waals surface area contributed by atoms with Gasteiger partial charge in [0.25, 0.3) is 0 Å². The van der Waals surface area contributed by atoms with Crippen LogP contribution in [-0.4, -0.2) is 24.4 Å². The summed E-state index contributed by atoms with van der Waals surface area (Å²) in [6, 6.07) is 8.87. The number of hydrogen-bond donors (Lipinski definition) is 0. The van der Waals surface area contributed by atoms with Crippen molar-refractivity contribution in [3.8, 4) is 5.75 Å². The molecule has 1 aliphatic heterocycles. The SMILES string of the molecule is c1cc([S+]2CCCCC2)ccc1OCOC1C2CC3CC(C2)CC1C3. The van der Waals surface area contributed by atoms with E-state index in [9.17, 15) is 0 Å². The third-order valence-electron chi connectivity index (χ3n) is 7.06. The van der Waals surface area contributed by atoms with Crippen LogP contribution in [0.4, 0.5) is 0 Å². The minimum atomic E-state index is 0.429. The van der Waals surface area contributed by atoms with E-state index in [1.54, 1.807) is 0 Å². The second kappa shape index (κ2) is 7.15. The van der Waals surface area contributed by atoms with E-state index in [1.807, 2.05) is 0 Å². The fourth-order valence-corrected chi connectivity index (χ4v) is 8.43. The van der Waals surface area contributed by atoms with Gasteiger partial charge in [-0.15, -0.1) is 0 Å². The van der Waals surface area contributed by atoms with Crippen LogP contribution in [0.3, 0.4) is 0 Å². The summed E-state index contributed by atoms with van der Waals surface area (Å²) in [4.78, 5) is 1.52. The second-order valence-corrected chi connectivity index (χ2v) is 11.0. The maximum atomic E-state index is 6.25. The summed E-state index contributed by atoms with van der Waals surface area (Å²) in [5.41, 5.74) is 0. The van der Waals surface area contributed by atoms with E-state index in [2.05, 4.69) is 24.3 Å². The molecule has 5 fully saturated rings. The highest BCUT2D eigenvalue weighted by Crippen LogP contribution is 2.54. The maximum absolute atomic E-state index is 6.25. The van der Waals surface area contributed by atoms with E-state index in [0.29, 0.717) is 23.8 Å². The van der Waals surface area contributed by atoms with Crippen molar-refractivity contribution in [2.75, 3.05) is 18.3 Å². The van der Waals surface area contributed by atoms with Crippen LogP contribution < -0.4 is 4.74 Å². The number of benzene rings is 1. The van der Waals surface area contributed by atoms with Crippen molar-refractivity contribution in [2.24, 2.45) is 23.7 Å². The Hall–Kier alpha value is -0.670. The van der Waals surface area contributed by atoms with Crippen molar-refractivity contribution in [2.45, 2.75) is 62.4 Å². The van der Waals surface area contributed by atoms with Gasteiger partial charge in [0.1, 0.15) is 17.3 Å². The van der Waals surface area contributed by atoms with Gasteiger partial charge in [-0.2, -0.15) is 0 Å². The molecule has 5 aliphatic rings. The van der Waals surface area contributed by atoms with Crippen molar-refractivity contribution >= 4 is 10.9 Å². The highest BCUT2D eigenvalue weighted by Gasteiger charge is 2.48. The van der Waals surface area contributed by atoms with E-state index in [4.69, 9.17) is 9.47 Å². The molecule has 0 spiro atoms. The zero-order valence-corrected chi connectivity index (χ0v) is 16.0. The summed E-state index contributed by atoms with van der Waals surface area (Å²) < 4.78 is 12.2. The normalized spacial score (nSPS) is 37.4. The third-order valence-corrected chi connectivity index (χ3v) is 9.57. The van der Waals surface area contributed by atoms with Crippen LogP contribution in [0.15, 0.2) is 29.2 Å². The first-order valence-corrected chi connectivity index (χ1v) is 11.9. The number of ether oxygens (including phenoxy) is 2. The Kier molecular flexibility index (Phi) is 4.72. The quantitative estimate of drug-likeness (QED) is 0.542. The molecule has 0 atom stereocenters. The van der Waals surface area contributed by atoms with E-state index in [0.717, 1.165) is 29.4 Å². The summed E-state index contributed by atoms with van der Waals surface area (Å²) in [6.45, 7) is 0.429. The molecule has 0 amide bonds. The molecule has 0 radical (unpaired) electrons. The lowest BCUT2D eigenvalue weighted by Gasteiger charge is -2.53. The number of hydrogen-bond acceptors (Lipinski definition) is 2. The van der Waals surface area contributed by atoms with Crippen LogP contribution >= 0.6 is 0 Å². The first kappa shape index (κ1) is 16.5. The second-order valence-electron chi connectivity index (χ2n) is 8.76. The third kappa shape index (κ3) is 3.47. The summed E-state index contributed by atoms with van der Waals surface area (Å²) in [6.07, 6.45) is 11.8. The van der Waals surface area contributed by atoms with Crippen molar-refractivity contribution < 1.29 is 9.47 Å². The Labute approximate surface area is 155 Å². The Bertz CT molecular complexity index is 550. The molecule has 4 aliphatic carbocycles. The van der Waals surface area contributed by atoms with Gasteiger partial charge in [0.15, 0.2) is 11.7 Å². The molecule has 4 saturated carbocycles. The summed E-state index contributed by atoms with van der Waals surface area (Å²) in [5.74, 6) is 7.39. The molecule has 1 heterocycles. The Morgan fingerprint density at radius 2 is 1.44 bits per heavy atom. The van der Waals surface area contributed by atoms with Gasteiger partial charge in [-0.05, 0) is 99.3 Å². The van der Waals surface area contributed by atoms with Gasteiger partial charge in [0.05, 0.1) is 6.10 Å². The van der Waals surface area contributed by atoms with E-state index >= 15 is 0 Å². The summed E-state index contributed by atoms with van der Waals surface area (Å²) in [5, 5.41) is 0. The topological polar surface area (TPSA) is 18.5 Å². The average molecular weight is 360 g/mol. The molecule has 0 aromatic heterocycles. The zero-order chi connectivity index (χ0) is 16.6. The molecule has 0 unspecified atom stereocenters. The van der Waals surface area contributed by atoms with Crippen molar-refractivity contribution in [3.63, 3.8) is 0 Å². The van der Waals surface area contributed by atoms with E-state index in [-0.39, 0.29) is 0 Å². The minimum Gasteiger partial charge on any atom is -0.468 e. The van der Waals surface area contributed by atoms with Gasteiger partial charge in [-0.1, -0.05) is 0 Å². The lowest BCUT2D eigenvalue weighted by molar-refractivity contribution is -0.155. The maximum Gasteiger partial charge on any atom is 0.189 e. The molecule has 136 valence electrons. The molecule has 25 heavy (non-hydrogen) atoms. The molecule has 6 rings (SSSR count). The van der Waals surface area contributed by atoms with Gasteiger partial charge in [0.2, 0.25) is 0 Å². The molecule has 1 aromatic carbocycles. The van der Waals surface area contributed by atoms with E-state index < -0.39 is 0 Å². The predicted octanol–water partition coefficient (Wildman–Crippen LogP) is 5.03. The Morgan fingerprint density at radius 1 is 0.800 bits per heavy atom. The van der Waals surface area contributed by atoms with Crippen molar-refractivity contribution in [3.05, 3.63) is 24.3 Å². The van der Waals surface area contributed by atoms with Crippen LogP contribution in [0.5, 0.6) is 5.75 Å². The fraction of sp³-hybridized carbons (Fsp3) is 0.727. The first-order valence-electron chi connectivity index (χ1n) is 10.4. The zero-order valence-electron chi connectivity index (χ0n) is 15.2. The van der Waals surface area contributed by atoms with Gasteiger partial charge < -0.3 is 9.47 Å². The molecular formula is C22H31O2S+. The highest BCUT2D eigenvalue weighted by molar-refractivity contribution is 7.96. The van der Waals surface area contributed by atoms with Crippen LogP contribution in [-0.2, 0) is 15.6 Å². The van der Waals surface area contributed by atoms with Gasteiger partial charge in [-0.25, -0.2) is 0 Å². The van der Waals surface area contributed by atoms with Crippen molar-refractivity contribution in [1.82, 2.24) is 0 Å². The molecule has 4 bridgehead atoms. The lowest BCUT2D eigenvalue weighted by atomic mass is 9.55. The Balaban J connectivity index is 1.13. The summed E-state index contributed by atoms with van der Waals surface area (Å²) >= 11 is 0. The molecule has 1 saturated heterocycles. The van der Waals surface area contributed by atoms with Gasteiger partial charge >= 0.3 is 0 Å². The standard InChI is InChI=1S/C22H31O2S/c1-2-8-25(9-3-1)21-6-4-20(5-7-21)23-15-24-22-18-11-16-10-17(13-18)14-19(22)12-16/h4-7,16-19,22H,1-3,8-15H2/q+1. The molecular weight excluding hydrogens is 328 g/mol. The monoisotopic (exact) mass is 359 g/mol. The van der Waals surface area contributed by atoms with Gasteiger partial charge in [0, 0.05) is 10.9 Å². The summed E-state index contributed by atoms with van der Waals surface area (Å²) in [7, 11) is 0.485. The van der Waals surface area contributed by atoms with E-state index in [1.165, 1.54) is 67.8 Å². The lowest BCUT2D eigenvalue weighted by Crippen LogP contribution is -2.49. The smallest absolute Gasteiger partial charge is 0.189 e. The number of rotatable bonds is 5. The average Bonchev–Trinajstić information content (AvgIpc) is 2.65. The Morgan fingerprint density at radius 3 is 2.08 bits per heavy atom. The molecule has 0 N–H and O–H groups in total. The first-order chi connectivity index (χ1) is 12.3. The van der Waals surface area contributed by atoms with Crippen LogP contribution in [0, 0.1) is 23.7 Å². The largest absolute Gasteiger partial charge is 0.468 e.